The van der Waals surface area contributed by atoms with Gasteiger partial charge in [-0.3, -0.25) is 0 Å². The van der Waals surface area contributed by atoms with Crippen molar-refractivity contribution in [3.05, 3.63) is 0 Å². The molecule has 0 rings (SSSR count). The first-order valence-electron chi connectivity index (χ1n) is 2.96. The van der Waals surface area contributed by atoms with Crippen molar-refractivity contribution < 1.29 is 9.53 Å². The first-order chi connectivity index (χ1) is 4.70. The Balaban J connectivity index is 3.75. The molecule has 0 saturated heterocycles. The van der Waals surface area contributed by atoms with Gasteiger partial charge in [0.1, 0.15) is 0 Å². The molecule has 0 saturated carbocycles. The van der Waals surface area contributed by atoms with Crippen molar-refractivity contribution in [3.8, 4) is 0 Å². The van der Waals surface area contributed by atoms with Gasteiger partial charge < -0.3 is 4.74 Å². The second-order valence-electron chi connectivity index (χ2n) is 1.53. The van der Waals surface area contributed by atoms with Crippen molar-refractivity contribution in [2.45, 2.75) is 13.8 Å². The third-order valence-electron chi connectivity index (χ3n) is 0.812. The number of hydrogen-bond donors (Lipinski definition) is 0. The van der Waals surface area contributed by atoms with E-state index in [9.17, 15) is 4.79 Å². The maximum atomic E-state index is 10.6. The molecule has 4 heteroatoms. The van der Waals surface area contributed by atoms with Crippen LogP contribution in [0, 0.1) is 0 Å². The molecule has 0 spiro atoms. The van der Waals surface area contributed by atoms with E-state index in [1.807, 2.05) is 6.26 Å². The molecule has 1 amide bonds. The molecule has 0 aromatic heterocycles. The van der Waals surface area contributed by atoms with Crippen LogP contribution in [0.5, 0.6) is 0 Å². The summed E-state index contributed by atoms with van der Waals surface area (Å²) in [6.45, 7) is 3.90. The molecular formula is C6H11NO2S. The summed E-state index contributed by atoms with van der Waals surface area (Å²) < 4.78 is 4.57. The predicted octanol–water partition coefficient (Wildman–Crippen LogP) is 1.92. The largest absolute Gasteiger partial charge is 0.448 e. The third-order valence-corrected chi connectivity index (χ3v) is 1.49. The number of carbonyl (C=O) groups is 1. The van der Waals surface area contributed by atoms with Crippen molar-refractivity contribution >= 4 is 22.9 Å². The molecule has 0 bridgehead atoms. The summed E-state index contributed by atoms with van der Waals surface area (Å²) >= 11 is 1.43. The predicted molar refractivity (Wildman–Crippen MR) is 43.6 cm³/mol. The Morgan fingerprint density at radius 2 is 2.30 bits per heavy atom. The molecule has 0 aliphatic rings. The quantitative estimate of drug-likeness (QED) is 0.435. The smallest absolute Gasteiger partial charge is 0.434 e. The second kappa shape index (κ2) is 5.29. The van der Waals surface area contributed by atoms with Crippen molar-refractivity contribution in [2.24, 2.45) is 4.99 Å². The Bertz CT molecular complexity index is 145. The number of rotatable bonds is 1. The van der Waals surface area contributed by atoms with Gasteiger partial charge in [0.25, 0.3) is 0 Å². The SMILES string of the molecule is CCOC(=O)/N=C(/C)SC. The van der Waals surface area contributed by atoms with E-state index < -0.39 is 6.09 Å². The summed E-state index contributed by atoms with van der Waals surface area (Å²) in [5.74, 6) is 0. The van der Waals surface area contributed by atoms with Crippen LogP contribution in [-0.4, -0.2) is 24.0 Å². The van der Waals surface area contributed by atoms with Gasteiger partial charge in [-0.25, -0.2) is 4.79 Å². The number of hydrogen-bond acceptors (Lipinski definition) is 3. The monoisotopic (exact) mass is 161 g/mol. The van der Waals surface area contributed by atoms with Crippen LogP contribution in [0.25, 0.3) is 0 Å². The van der Waals surface area contributed by atoms with Crippen LogP contribution in [0.4, 0.5) is 4.79 Å². The summed E-state index contributed by atoms with van der Waals surface area (Å²) in [4.78, 5) is 14.2. The zero-order chi connectivity index (χ0) is 7.98. The molecule has 0 atom stereocenters. The van der Waals surface area contributed by atoms with Crippen LogP contribution >= 0.6 is 11.8 Å². The molecule has 0 unspecified atom stereocenters. The summed E-state index contributed by atoms with van der Waals surface area (Å²) in [7, 11) is 0. The maximum Gasteiger partial charge on any atom is 0.434 e. The van der Waals surface area contributed by atoms with Crippen molar-refractivity contribution in [1.82, 2.24) is 0 Å². The van der Waals surface area contributed by atoms with Crippen LogP contribution < -0.4 is 0 Å². The van der Waals surface area contributed by atoms with Crippen LogP contribution in [0.1, 0.15) is 13.8 Å². The lowest BCUT2D eigenvalue weighted by Gasteiger charge is -1.95. The third kappa shape index (κ3) is 4.38. The number of nitrogens with zero attached hydrogens (tertiary/aromatic N) is 1. The fourth-order valence-electron chi connectivity index (χ4n) is 0.330. The van der Waals surface area contributed by atoms with Gasteiger partial charge in [0, 0.05) is 0 Å². The number of carbonyl (C=O) groups excluding carboxylic acids is 1. The highest BCUT2D eigenvalue weighted by molar-refractivity contribution is 8.13. The van der Waals surface area contributed by atoms with E-state index >= 15 is 0 Å². The van der Waals surface area contributed by atoms with Crippen molar-refractivity contribution in [1.29, 1.82) is 0 Å². The van der Waals surface area contributed by atoms with Gasteiger partial charge in [0.2, 0.25) is 0 Å². The first-order valence-corrected chi connectivity index (χ1v) is 4.19. The fraction of sp³-hybridized carbons (Fsp3) is 0.667. The zero-order valence-electron chi connectivity index (χ0n) is 6.38. The van der Waals surface area contributed by atoms with Crippen LogP contribution in [-0.2, 0) is 4.74 Å². The van der Waals surface area contributed by atoms with Crippen molar-refractivity contribution in [2.75, 3.05) is 12.9 Å². The Labute approximate surface area is 64.9 Å². The van der Waals surface area contributed by atoms with Gasteiger partial charge in [0.15, 0.2) is 0 Å². The average Bonchev–Trinajstić information content (AvgIpc) is 1.88. The maximum absolute atomic E-state index is 10.6. The summed E-state index contributed by atoms with van der Waals surface area (Å²) in [5.41, 5.74) is 0. The Morgan fingerprint density at radius 3 is 2.70 bits per heavy atom. The minimum atomic E-state index is -0.505. The standard InChI is InChI=1S/C6H11NO2S/c1-4-9-6(8)7-5(2)10-3/h4H2,1-3H3/b7-5-. The molecule has 58 valence electrons. The number of amides is 1. The number of thioether (sulfide) groups is 1. The van der Waals surface area contributed by atoms with E-state index in [1.165, 1.54) is 11.8 Å². The topological polar surface area (TPSA) is 38.7 Å². The molecule has 0 aromatic rings. The summed E-state index contributed by atoms with van der Waals surface area (Å²) in [6.07, 6.45) is 1.35. The van der Waals surface area contributed by atoms with E-state index in [4.69, 9.17) is 0 Å². The molecule has 0 aliphatic carbocycles. The highest BCUT2D eigenvalue weighted by atomic mass is 32.2. The molecule has 0 aromatic carbocycles. The molecule has 10 heavy (non-hydrogen) atoms. The zero-order valence-corrected chi connectivity index (χ0v) is 7.20. The highest BCUT2D eigenvalue weighted by Gasteiger charge is 1.96. The Kier molecular flexibility index (Phi) is 5.02. The van der Waals surface area contributed by atoms with E-state index in [0.717, 1.165) is 5.04 Å². The van der Waals surface area contributed by atoms with Crippen LogP contribution in [0.15, 0.2) is 4.99 Å². The lowest BCUT2D eigenvalue weighted by molar-refractivity contribution is 0.163. The van der Waals surface area contributed by atoms with Crippen molar-refractivity contribution in [3.63, 3.8) is 0 Å². The molecule has 0 aliphatic heterocycles. The van der Waals surface area contributed by atoms with Gasteiger partial charge in [0.05, 0.1) is 11.7 Å². The minimum absolute atomic E-state index is 0.379. The van der Waals surface area contributed by atoms with E-state index in [0.29, 0.717) is 6.61 Å². The lowest BCUT2D eigenvalue weighted by Crippen LogP contribution is -1.99. The van der Waals surface area contributed by atoms with Crippen LogP contribution in [0.3, 0.4) is 0 Å². The molecule has 3 nitrogen and oxygen atoms in total. The minimum Gasteiger partial charge on any atom is -0.448 e. The van der Waals surface area contributed by atoms with E-state index in [2.05, 4.69) is 9.73 Å². The van der Waals surface area contributed by atoms with Gasteiger partial charge >= 0.3 is 6.09 Å². The Hall–Kier alpha value is -0.510. The van der Waals surface area contributed by atoms with E-state index in [-0.39, 0.29) is 0 Å². The van der Waals surface area contributed by atoms with Gasteiger partial charge in [-0.2, -0.15) is 4.99 Å². The summed E-state index contributed by atoms with van der Waals surface area (Å²) in [6, 6.07) is 0. The molecule has 0 fully saturated rings. The molecule has 0 radical (unpaired) electrons. The number of aliphatic imine (C=N–C) groups is 1. The Morgan fingerprint density at radius 1 is 1.70 bits per heavy atom. The molecule has 0 N–H and O–H groups in total. The average molecular weight is 161 g/mol. The van der Waals surface area contributed by atoms with E-state index in [1.54, 1.807) is 13.8 Å². The van der Waals surface area contributed by atoms with Crippen LogP contribution in [0.2, 0.25) is 0 Å². The number of ether oxygens (including phenoxy) is 1. The molecular weight excluding hydrogens is 150 g/mol. The second-order valence-corrected chi connectivity index (χ2v) is 2.53. The van der Waals surface area contributed by atoms with Gasteiger partial charge in [-0.1, -0.05) is 0 Å². The first kappa shape index (κ1) is 9.49. The van der Waals surface area contributed by atoms with Gasteiger partial charge in [-0.15, -0.1) is 11.8 Å². The molecule has 0 heterocycles. The summed E-state index contributed by atoms with van der Waals surface area (Å²) in [5, 5.41) is 0.721. The normalized spacial score (nSPS) is 11.3. The fourth-order valence-corrected chi connectivity index (χ4v) is 0.496. The highest BCUT2D eigenvalue weighted by Crippen LogP contribution is 1.97. The van der Waals surface area contributed by atoms with Gasteiger partial charge in [-0.05, 0) is 20.1 Å². The lowest BCUT2D eigenvalue weighted by atomic mass is 10.8.